The topological polar surface area (TPSA) is 79.0 Å². The van der Waals surface area contributed by atoms with E-state index in [-0.39, 0.29) is 5.91 Å². The number of nitrogens with zero attached hydrogens (tertiary/aromatic N) is 4. The normalized spacial score (nSPS) is 14.0. The molecule has 4 aromatic heterocycles. The fourth-order valence-electron chi connectivity index (χ4n) is 2.92. The van der Waals surface area contributed by atoms with Crippen LogP contribution >= 0.6 is 11.3 Å². The summed E-state index contributed by atoms with van der Waals surface area (Å²) in [6, 6.07) is 2.28. The van der Waals surface area contributed by atoms with Crippen LogP contribution < -0.4 is 10.00 Å². The van der Waals surface area contributed by atoms with Crippen molar-refractivity contribution in [2.24, 2.45) is 7.05 Å². The first-order valence-electron chi connectivity index (χ1n) is 8.45. The second-order valence-electron chi connectivity index (χ2n) is 6.59. The number of amides is 1. The lowest BCUT2D eigenvalue weighted by molar-refractivity contribution is -0.726. The van der Waals surface area contributed by atoms with E-state index in [0.717, 1.165) is 45.6 Å². The lowest BCUT2D eigenvalue weighted by Crippen LogP contribution is -2.27. The Labute approximate surface area is 153 Å². The molecule has 2 N–H and O–H groups in total. The molecule has 1 saturated carbocycles. The van der Waals surface area contributed by atoms with Crippen LogP contribution in [0.2, 0.25) is 0 Å². The van der Waals surface area contributed by atoms with E-state index < -0.39 is 0 Å². The van der Waals surface area contributed by atoms with Crippen LogP contribution in [-0.2, 0) is 7.05 Å². The minimum Gasteiger partial charge on any atom is -0.349 e. The van der Waals surface area contributed by atoms with Gasteiger partial charge in [-0.15, -0.1) is 16.0 Å². The predicted molar refractivity (Wildman–Crippen MR) is 97.8 cm³/mol. The van der Waals surface area contributed by atoms with Crippen molar-refractivity contribution in [2.75, 3.05) is 0 Å². The van der Waals surface area contributed by atoms with Gasteiger partial charge in [0.25, 0.3) is 5.91 Å². The van der Waals surface area contributed by atoms with E-state index in [1.807, 2.05) is 48.0 Å². The van der Waals surface area contributed by atoms with Gasteiger partial charge in [-0.25, -0.2) is 9.50 Å². The minimum absolute atomic E-state index is 0.01000. The number of fused-ring (bicyclic) bond motifs is 1. The number of aromatic amines is 1. The molecule has 7 nitrogen and oxygen atoms in total. The highest BCUT2D eigenvalue weighted by Gasteiger charge is 2.24. The summed E-state index contributed by atoms with van der Waals surface area (Å²) >= 11 is 1.45. The number of carbonyl (C=O) groups is 1. The molecule has 0 aromatic carbocycles. The van der Waals surface area contributed by atoms with Crippen molar-refractivity contribution in [2.45, 2.75) is 18.9 Å². The van der Waals surface area contributed by atoms with Crippen molar-refractivity contribution in [1.82, 2.24) is 25.0 Å². The summed E-state index contributed by atoms with van der Waals surface area (Å²) in [5.74, 6) is 0.01000. The number of carbonyl (C=O) groups excluding carboxylic acids is 1. The molecule has 1 aliphatic carbocycles. The first kappa shape index (κ1) is 15.3. The Kier molecular flexibility index (Phi) is 3.39. The molecule has 8 heteroatoms. The summed E-state index contributed by atoms with van der Waals surface area (Å²) in [7, 11) is 1.94. The molecule has 1 amide bonds. The Morgan fingerprint density at radius 2 is 2.23 bits per heavy atom. The third-order valence-electron chi connectivity index (χ3n) is 4.49. The van der Waals surface area contributed by atoms with Crippen LogP contribution in [0.25, 0.3) is 27.9 Å². The van der Waals surface area contributed by atoms with Crippen LogP contribution in [0.4, 0.5) is 0 Å². The lowest BCUT2D eigenvalue weighted by Gasteiger charge is -1.99. The molecule has 26 heavy (non-hydrogen) atoms. The van der Waals surface area contributed by atoms with Crippen molar-refractivity contribution < 1.29 is 9.48 Å². The average Bonchev–Trinajstić information content (AvgIpc) is 3.05. The Hall–Kier alpha value is -3.00. The molecule has 0 unspecified atom stereocenters. The van der Waals surface area contributed by atoms with E-state index in [1.165, 1.54) is 11.3 Å². The molecule has 0 spiro atoms. The summed E-state index contributed by atoms with van der Waals surface area (Å²) in [6.45, 7) is 0. The minimum atomic E-state index is 0.01000. The third kappa shape index (κ3) is 2.68. The monoisotopic (exact) mass is 365 g/mol. The zero-order valence-electron chi connectivity index (χ0n) is 14.1. The number of aromatic nitrogens is 5. The summed E-state index contributed by atoms with van der Waals surface area (Å²) < 4.78 is 3.66. The highest BCUT2D eigenvalue weighted by Crippen LogP contribution is 2.30. The lowest BCUT2D eigenvalue weighted by atomic mass is 10.1. The first-order valence-corrected chi connectivity index (χ1v) is 9.33. The Morgan fingerprint density at radius 1 is 1.35 bits per heavy atom. The van der Waals surface area contributed by atoms with Crippen LogP contribution in [-0.4, -0.2) is 31.6 Å². The molecule has 0 atom stereocenters. The summed E-state index contributed by atoms with van der Waals surface area (Å²) in [5.41, 5.74) is 4.71. The average molecular weight is 365 g/mol. The summed E-state index contributed by atoms with van der Waals surface area (Å²) in [6.07, 6.45) is 11.7. The van der Waals surface area contributed by atoms with Gasteiger partial charge in [-0.1, -0.05) is 0 Å². The molecule has 1 aliphatic rings. The third-order valence-corrected chi connectivity index (χ3v) is 5.42. The Morgan fingerprint density at radius 3 is 3.00 bits per heavy atom. The van der Waals surface area contributed by atoms with Gasteiger partial charge >= 0.3 is 0 Å². The first-order chi connectivity index (χ1) is 12.7. The number of H-pyrrole nitrogens is 1. The Balaban J connectivity index is 1.47. The number of aryl methyl sites for hydroxylation is 1. The predicted octanol–water partition coefficient (Wildman–Crippen LogP) is 2.17. The largest absolute Gasteiger partial charge is 0.349 e. The van der Waals surface area contributed by atoms with Crippen molar-refractivity contribution in [1.29, 1.82) is 0 Å². The maximum atomic E-state index is 12.2. The highest BCUT2D eigenvalue weighted by atomic mass is 32.1. The quantitative estimate of drug-likeness (QED) is 0.544. The van der Waals surface area contributed by atoms with Gasteiger partial charge in [0.2, 0.25) is 6.20 Å². The number of thiophene rings is 1. The Bertz CT molecular complexity index is 1120. The van der Waals surface area contributed by atoms with E-state index in [2.05, 4.69) is 20.5 Å². The van der Waals surface area contributed by atoms with Crippen LogP contribution in [0.3, 0.4) is 0 Å². The van der Waals surface area contributed by atoms with Gasteiger partial charge in [-0.05, 0) is 29.9 Å². The second-order valence-corrected chi connectivity index (χ2v) is 7.50. The molecule has 130 valence electrons. The van der Waals surface area contributed by atoms with Gasteiger partial charge in [0.05, 0.1) is 22.8 Å². The van der Waals surface area contributed by atoms with E-state index >= 15 is 0 Å². The zero-order valence-corrected chi connectivity index (χ0v) is 15.0. The molecule has 5 rings (SSSR count). The van der Waals surface area contributed by atoms with Gasteiger partial charge in [0.15, 0.2) is 12.7 Å². The zero-order chi connectivity index (χ0) is 17.7. The van der Waals surface area contributed by atoms with Gasteiger partial charge in [-0.2, -0.15) is 10.2 Å². The number of rotatable bonds is 4. The maximum absolute atomic E-state index is 12.2. The molecular weight excluding hydrogens is 348 g/mol. The van der Waals surface area contributed by atoms with Gasteiger partial charge in [0.1, 0.15) is 0 Å². The number of hydrogen-bond acceptors (Lipinski definition) is 4. The molecule has 0 aliphatic heterocycles. The molecule has 1 fully saturated rings. The molecule has 0 bridgehead atoms. The second kappa shape index (κ2) is 5.77. The van der Waals surface area contributed by atoms with Gasteiger partial charge in [0, 0.05) is 29.6 Å². The van der Waals surface area contributed by atoms with Crippen molar-refractivity contribution in [3.05, 3.63) is 47.3 Å². The number of hydrogen-bond donors (Lipinski definition) is 2. The molecular formula is C18H17N6OS+. The van der Waals surface area contributed by atoms with Crippen molar-refractivity contribution in [3.8, 4) is 22.3 Å². The highest BCUT2D eigenvalue weighted by molar-refractivity contribution is 7.12. The fraction of sp³-hybridized carbons (Fsp3) is 0.222. The SMILES string of the molecule is C[n+]1cc(-c2cnc3c(-c4csc(C(=O)NC5CC5)c4)cnn3c2)c[nH]1. The smallest absolute Gasteiger partial charge is 0.261 e. The van der Waals surface area contributed by atoms with Gasteiger partial charge < -0.3 is 5.32 Å². The van der Waals surface area contributed by atoms with E-state index in [9.17, 15) is 4.79 Å². The van der Waals surface area contributed by atoms with Crippen LogP contribution in [0.15, 0.2) is 42.4 Å². The molecule has 4 heterocycles. The van der Waals surface area contributed by atoms with E-state index in [1.54, 1.807) is 10.7 Å². The maximum Gasteiger partial charge on any atom is 0.261 e. The van der Waals surface area contributed by atoms with Crippen LogP contribution in [0.5, 0.6) is 0 Å². The van der Waals surface area contributed by atoms with Gasteiger partial charge in [-0.3, -0.25) is 4.79 Å². The molecule has 4 aromatic rings. The molecule has 0 saturated heterocycles. The van der Waals surface area contributed by atoms with E-state index in [4.69, 9.17) is 0 Å². The van der Waals surface area contributed by atoms with Crippen molar-refractivity contribution >= 4 is 22.9 Å². The summed E-state index contributed by atoms with van der Waals surface area (Å²) in [4.78, 5) is 17.5. The van der Waals surface area contributed by atoms with Crippen molar-refractivity contribution in [3.63, 3.8) is 0 Å². The summed E-state index contributed by atoms with van der Waals surface area (Å²) in [5, 5.41) is 12.6. The number of nitrogens with one attached hydrogen (secondary N) is 2. The van der Waals surface area contributed by atoms with E-state index in [0.29, 0.717) is 6.04 Å². The molecule has 0 radical (unpaired) electrons. The van der Waals surface area contributed by atoms with Crippen LogP contribution in [0, 0.1) is 0 Å². The standard InChI is InChI=1S/C18H16N6OS/c1-23-8-13(6-20-23)12-5-19-17-15(7-21-24(17)9-12)11-4-16(26-10-11)18(25)22-14-2-3-14/h4-10,14H,2-3H2,1H3,(H,22,25)/p+1. The van der Waals surface area contributed by atoms with Crippen LogP contribution in [0.1, 0.15) is 22.5 Å². The fourth-order valence-corrected chi connectivity index (χ4v) is 3.73.